The van der Waals surface area contributed by atoms with Crippen molar-refractivity contribution in [3.63, 3.8) is 0 Å². The second kappa shape index (κ2) is 4.45. The van der Waals surface area contributed by atoms with Crippen molar-refractivity contribution in [2.24, 2.45) is 0 Å². The van der Waals surface area contributed by atoms with Crippen LogP contribution in [0.5, 0.6) is 5.88 Å². The third-order valence-electron chi connectivity index (χ3n) is 2.12. The van der Waals surface area contributed by atoms with Crippen LogP contribution in [0.25, 0.3) is 0 Å². The zero-order valence-electron chi connectivity index (χ0n) is 11.7. The zero-order valence-corrected chi connectivity index (χ0v) is 12.4. The van der Waals surface area contributed by atoms with Gasteiger partial charge in [-0.25, -0.2) is 4.98 Å². The molecular formula is C13H21ClN2O. The van der Waals surface area contributed by atoms with Crippen molar-refractivity contribution in [1.29, 1.82) is 0 Å². The minimum absolute atomic E-state index is 0.146. The Kier molecular flexibility index (Phi) is 3.72. The molecule has 0 unspecified atom stereocenters. The number of rotatable bonds is 1. The molecule has 1 rings (SSSR count). The largest absolute Gasteiger partial charge is 0.472 e. The molecule has 0 radical (unpaired) electrons. The zero-order chi connectivity index (χ0) is 13.4. The highest BCUT2D eigenvalue weighted by atomic mass is 35.5. The van der Waals surface area contributed by atoms with Crippen LogP contribution in [0.2, 0.25) is 5.15 Å². The number of hydrogen-bond donors (Lipinski definition) is 0. The van der Waals surface area contributed by atoms with Crippen LogP contribution in [0.4, 0.5) is 0 Å². The monoisotopic (exact) mass is 256 g/mol. The molecule has 1 aromatic heterocycles. The average molecular weight is 257 g/mol. The highest BCUT2D eigenvalue weighted by Gasteiger charge is 2.23. The SMILES string of the molecule is Cc1c(Cl)nc(C(C)(C)C)nc1OC(C)(C)C. The molecule has 0 aliphatic rings. The Bertz CT molecular complexity index is 417. The van der Waals surface area contributed by atoms with Gasteiger partial charge in [0.2, 0.25) is 5.88 Å². The summed E-state index contributed by atoms with van der Waals surface area (Å²) in [4.78, 5) is 8.78. The van der Waals surface area contributed by atoms with Gasteiger partial charge in [-0.05, 0) is 27.7 Å². The molecule has 0 spiro atoms. The van der Waals surface area contributed by atoms with Crippen molar-refractivity contribution >= 4 is 11.6 Å². The van der Waals surface area contributed by atoms with Gasteiger partial charge in [0.1, 0.15) is 16.6 Å². The predicted molar refractivity (Wildman–Crippen MR) is 70.9 cm³/mol. The summed E-state index contributed by atoms with van der Waals surface area (Å²) in [6, 6.07) is 0. The van der Waals surface area contributed by atoms with Crippen LogP contribution in [0, 0.1) is 6.92 Å². The fourth-order valence-electron chi connectivity index (χ4n) is 1.19. The molecule has 1 aromatic rings. The highest BCUT2D eigenvalue weighted by Crippen LogP contribution is 2.29. The molecule has 3 nitrogen and oxygen atoms in total. The maximum Gasteiger partial charge on any atom is 0.221 e. The van der Waals surface area contributed by atoms with Gasteiger partial charge in [-0.1, -0.05) is 32.4 Å². The van der Waals surface area contributed by atoms with Crippen LogP contribution in [0.3, 0.4) is 0 Å². The number of hydrogen-bond acceptors (Lipinski definition) is 3. The Morgan fingerprint density at radius 3 is 1.94 bits per heavy atom. The van der Waals surface area contributed by atoms with Gasteiger partial charge < -0.3 is 4.74 Å². The molecule has 0 bridgehead atoms. The molecule has 4 heteroatoms. The second-order valence-electron chi connectivity index (χ2n) is 6.23. The Labute approximate surface area is 109 Å². The Morgan fingerprint density at radius 2 is 1.53 bits per heavy atom. The quantitative estimate of drug-likeness (QED) is 0.715. The molecule has 0 saturated heterocycles. The van der Waals surface area contributed by atoms with Crippen LogP contribution < -0.4 is 4.74 Å². The van der Waals surface area contributed by atoms with Crippen LogP contribution in [0.1, 0.15) is 52.9 Å². The molecule has 96 valence electrons. The van der Waals surface area contributed by atoms with Crippen LogP contribution in [-0.2, 0) is 5.41 Å². The maximum atomic E-state index is 6.12. The van der Waals surface area contributed by atoms with E-state index in [0.29, 0.717) is 16.9 Å². The first-order chi connectivity index (χ1) is 7.50. The first-order valence-electron chi connectivity index (χ1n) is 5.74. The lowest BCUT2D eigenvalue weighted by Crippen LogP contribution is -2.26. The van der Waals surface area contributed by atoms with Crippen LogP contribution >= 0.6 is 11.6 Å². The smallest absolute Gasteiger partial charge is 0.221 e. The fourth-order valence-corrected chi connectivity index (χ4v) is 1.36. The predicted octanol–water partition coefficient (Wildman–Crippen LogP) is 3.91. The Hall–Kier alpha value is -0.830. The van der Waals surface area contributed by atoms with E-state index in [2.05, 4.69) is 30.7 Å². The van der Waals surface area contributed by atoms with Gasteiger partial charge in [0, 0.05) is 11.0 Å². The van der Waals surface area contributed by atoms with Gasteiger partial charge in [0.05, 0.1) is 0 Å². The van der Waals surface area contributed by atoms with E-state index in [9.17, 15) is 0 Å². The highest BCUT2D eigenvalue weighted by molar-refractivity contribution is 6.30. The third kappa shape index (κ3) is 3.84. The van der Waals surface area contributed by atoms with E-state index in [1.165, 1.54) is 0 Å². The van der Waals surface area contributed by atoms with Crippen molar-refractivity contribution in [1.82, 2.24) is 9.97 Å². The van der Waals surface area contributed by atoms with Crippen molar-refractivity contribution in [2.75, 3.05) is 0 Å². The van der Waals surface area contributed by atoms with Gasteiger partial charge in [0.25, 0.3) is 0 Å². The Balaban J connectivity index is 3.26. The second-order valence-corrected chi connectivity index (χ2v) is 6.59. The molecular weight excluding hydrogens is 236 g/mol. The van der Waals surface area contributed by atoms with Crippen LogP contribution in [-0.4, -0.2) is 15.6 Å². The summed E-state index contributed by atoms with van der Waals surface area (Å²) >= 11 is 6.12. The molecule has 0 N–H and O–H groups in total. The van der Waals surface area contributed by atoms with E-state index in [1.54, 1.807) is 0 Å². The lowest BCUT2D eigenvalue weighted by Gasteiger charge is -2.24. The summed E-state index contributed by atoms with van der Waals surface area (Å²) in [5.74, 6) is 1.27. The molecule has 1 heterocycles. The summed E-state index contributed by atoms with van der Waals surface area (Å²) in [7, 11) is 0. The summed E-state index contributed by atoms with van der Waals surface area (Å²) in [5, 5.41) is 0.462. The van der Waals surface area contributed by atoms with Gasteiger partial charge in [-0.2, -0.15) is 4.98 Å². The van der Waals surface area contributed by atoms with E-state index in [4.69, 9.17) is 16.3 Å². The summed E-state index contributed by atoms with van der Waals surface area (Å²) in [6.07, 6.45) is 0. The third-order valence-corrected chi connectivity index (χ3v) is 2.48. The lowest BCUT2D eigenvalue weighted by molar-refractivity contribution is 0.122. The van der Waals surface area contributed by atoms with Gasteiger partial charge in [-0.15, -0.1) is 0 Å². The molecule has 0 fully saturated rings. The van der Waals surface area contributed by atoms with Crippen molar-refractivity contribution in [3.05, 3.63) is 16.5 Å². The maximum absolute atomic E-state index is 6.12. The normalized spacial score (nSPS) is 12.7. The van der Waals surface area contributed by atoms with E-state index < -0.39 is 0 Å². The first kappa shape index (κ1) is 14.2. The molecule has 0 saturated carbocycles. The molecule has 0 aromatic carbocycles. The molecule has 0 aliphatic carbocycles. The molecule has 0 atom stereocenters. The van der Waals surface area contributed by atoms with E-state index in [0.717, 1.165) is 5.56 Å². The topological polar surface area (TPSA) is 35.0 Å². The van der Waals surface area contributed by atoms with Gasteiger partial charge >= 0.3 is 0 Å². The van der Waals surface area contributed by atoms with E-state index in [1.807, 2.05) is 27.7 Å². The number of ether oxygens (including phenoxy) is 1. The first-order valence-corrected chi connectivity index (χ1v) is 6.12. The summed E-state index contributed by atoms with van der Waals surface area (Å²) < 4.78 is 5.81. The molecule has 17 heavy (non-hydrogen) atoms. The summed E-state index contributed by atoms with van der Waals surface area (Å²) in [6.45, 7) is 14.0. The number of halogens is 1. The van der Waals surface area contributed by atoms with Crippen LogP contribution in [0.15, 0.2) is 0 Å². The molecule has 0 aliphatic heterocycles. The van der Waals surface area contributed by atoms with Crippen molar-refractivity contribution in [3.8, 4) is 5.88 Å². The minimum atomic E-state index is -0.294. The lowest BCUT2D eigenvalue weighted by atomic mass is 9.96. The van der Waals surface area contributed by atoms with Gasteiger partial charge in [-0.3, -0.25) is 0 Å². The number of aromatic nitrogens is 2. The average Bonchev–Trinajstić information content (AvgIpc) is 2.08. The Morgan fingerprint density at radius 1 is 1.00 bits per heavy atom. The van der Waals surface area contributed by atoms with E-state index >= 15 is 0 Å². The van der Waals surface area contributed by atoms with Crippen molar-refractivity contribution in [2.45, 2.75) is 59.5 Å². The molecule has 0 amide bonds. The van der Waals surface area contributed by atoms with Crippen molar-refractivity contribution < 1.29 is 4.74 Å². The van der Waals surface area contributed by atoms with E-state index in [-0.39, 0.29) is 11.0 Å². The summed E-state index contributed by atoms with van der Waals surface area (Å²) in [5.41, 5.74) is 0.347. The fraction of sp³-hybridized carbons (Fsp3) is 0.692. The standard InChI is InChI=1S/C13H21ClN2O/c1-8-9(14)15-11(12(2,3)4)16-10(8)17-13(5,6)7/h1-7H3. The van der Waals surface area contributed by atoms with Gasteiger partial charge in [0.15, 0.2) is 0 Å². The number of nitrogens with zero attached hydrogens (tertiary/aromatic N) is 2. The minimum Gasteiger partial charge on any atom is -0.472 e.